The number of hydrogen-bond acceptors (Lipinski definition) is 4. The molecule has 1 saturated carbocycles. The van der Waals surface area contributed by atoms with E-state index in [0.717, 1.165) is 49.9 Å². The summed E-state index contributed by atoms with van der Waals surface area (Å²) in [6.07, 6.45) is 4.34. The van der Waals surface area contributed by atoms with E-state index in [4.69, 9.17) is 14.2 Å². The summed E-state index contributed by atoms with van der Waals surface area (Å²) in [6, 6.07) is 9.47. The van der Waals surface area contributed by atoms with Crippen molar-refractivity contribution < 1.29 is 45.3 Å². The Morgan fingerprint density at radius 1 is 0.738 bits per heavy atom. The van der Waals surface area contributed by atoms with Crippen LogP contribution in [0.15, 0.2) is 60.7 Å². The third-order valence-electron chi connectivity index (χ3n) is 6.99. The number of ether oxygens (including phenoxy) is 4. The lowest BCUT2D eigenvalue weighted by Gasteiger charge is -2.26. The van der Waals surface area contributed by atoms with Crippen LogP contribution in [-0.2, 0) is 0 Å². The smallest absolute Gasteiger partial charge is 0.433 e. The fourth-order valence-electron chi connectivity index (χ4n) is 4.83. The zero-order valence-corrected chi connectivity index (χ0v) is 23.3. The van der Waals surface area contributed by atoms with Crippen LogP contribution in [0.1, 0.15) is 39.5 Å². The van der Waals surface area contributed by atoms with Crippen LogP contribution >= 0.6 is 0 Å². The molecule has 0 aliphatic heterocycles. The fraction of sp³-hybridized carbons (Fsp3) is 0.375. The molecule has 1 aliphatic rings. The number of benzene rings is 3. The normalized spacial score (nSPS) is 17.3. The van der Waals surface area contributed by atoms with Crippen LogP contribution in [-0.4, -0.2) is 25.9 Å². The van der Waals surface area contributed by atoms with Gasteiger partial charge in [0.25, 0.3) is 0 Å². The van der Waals surface area contributed by atoms with Gasteiger partial charge in [-0.15, -0.1) is 0 Å². The first-order chi connectivity index (χ1) is 20.1. The molecule has 10 heteroatoms. The minimum atomic E-state index is -4.13. The average Bonchev–Trinajstić information content (AvgIpc) is 2.96. The van der Waals surface area contributed by atoms with Crippen LogP contribution in [0, 0.1) is 35.1 Å². The SMILES string of the molecule is C/C=C/C1CCC(COc2ccc(-c3ccc(OCC(F)(F)Oc4ccc(OCC)c(F)c4F)c(F)c3)cc2F)CC1. The van der Waals surface area contributed by atoms with Crippen molar-refractivity contribution in [2.24, 2.45) is 11.8 Å². The van der Waals surface area contributed by atoms with E-state index in [-0.39, 0.29) is 17.9 Å². The van der Waals surface area contributed by atoms with E-state index in [2.05, 4.69) is 16.9 Å². The second kappa shape index (κ2) is 13.9. The van der Waals surface area contributed by atoms with Gasteiger partial charge >= 0.3 is 6.11 Å². The largest absolute Gasteiger partial charge is 0.491 e. The molecule has 0 atom stereocenters. The minimum absolute atomic E-state index is 0.0397. The first-order valence-corrected chi connectivity index (χ1v) is 13.8. The summed E-state index contributed by atoms with van der Waals surface area (Å²) < 4.78 is 106. The summed E-state index contributed by atoms with van der Waals surface area (Å²) in [5, 5.41) is 0. The van der Waals surface area contributed by atoms with Gasteiger partial charge in [0.2, 0.25) is 11.6 Å². The molecule has 1 fully saturated rings. The summed E-state index contributed by atoms with van der Waals surface area (Å²) in [5.74, 6) is -5.75. The number of hydrogen-bond donors (Lipinski definition) is 0. The standard InChI is InChI=1S/C32H32F6O4/c1-3-5-20-6-8-21(9-7-20)18-40-26-12-10-22(16-24(26)33)23-11-13-27(25(34)17-23)41-19-32(37,38)42-29-15-14-28(39-4-2)30(35)31(29)36/h3,5,10-17,20-21H,4,6-9,18-19H2,1-2H3/b5-3+. The zero-order valence-electron chi connectivity index (χ0n) is 23.3. The second-order valence-corrected chi connectivity index (χ2v) is 10.1. The minimum Gasteiger partial charge on any atom is -0.491 e. The third-order valence-corrected chi connectivity index (χ3v) is 6.99. The Morgan fingerprint density at radius 2 is 1.29 bits per heavy atom. The Bertz CT molecular complexity index is 1390. The van der Waals surface area contributed by atoms with Gasteiger partial charge in [-0.1, -0.05) is 24.3 Å². The first-order valence-electron chi connectivity index (χ1n) is 13.8. The van der Waals surface area contributed by atoms with Crippen molar-refractivity contribution in [3.8, 4) is 34.1 Å². The van der Waals surface area contributed by atoms with E-state index in [1.807, 2.05) is 6.92 Å². The quantitative estimate of drug-likeness (QED) is 0.155. The van der Waals surface area contributed by atoms with Crippen LogP contribution in [0.5, 0.6) is 23.0 Å². The van der Waals surface area contributed by atoms with Gasteiger partial charge < -0.3 is 18.9 Å². The lowest BCUT2D eigenvalue weighted by Crippen LogP contribution is -2.33. The maximum absolute atomic E-state index is 14.8. The first kappa shape index (κ1) is 31.1. The number of alkyl halides is 2. The van der Waals surface area contributed by atoms with Crippen molar-refractivity contribution >= 4 is 0 Å². The molecule has 4 rings (SSSR count). The lowest BCUT2D eigenvalue weighted by molar-refractivity contribution is -0.197. The fourth-order valence-corrected chi connectivity index (χ4v) is 4.83. The molecular weight excluding hydrogens is 562 g/mol. The Labute approximate surface area is 240 Å². The molecule has 0 saturated heterocycles. The Balaban J connectivity index is 1.34. The number of allylic oxidation sites excluding steroid dienone is 2. The van der Waals surface area contributed by atoms with Crippen molar-refractivity contribution in [3.05, 3.63) is 84.0 Å². The highest BCUT2D eigenvalue weighted by Gasteiger charge is 2.35. The van der Waals surface area contributed by atoms with Gasteiger partial charge in [0.05, 0.1) is 13.2 Å². The van der Waals surface area contributed by atoms with E-state index in [1.165, 1.54) is 18.2 Å². The molecule has 0 amide bonds. The summed E-state index contributed by atoms with van der Waals surface area (Å²) in [5.41, 5.74) is 0.626. The van der Waals surface area contributed by atoms with Crippen molar-refractivity contribution in [1.82, 2.24) is 0 Å². The topological polar surface area (TPSA) is 36.9 Å². The summed E-state index contributed by atoms with van der Waals surface area (Å²) >= 11 is 0. The van der Waals surface area contributed by atoms with Gasteiger partial charge in [-0.3, -0.25) is 0 Å². The Morgan fingerprint density at radius 3 is 1.86 bits per heavy atom. The van der Waals surface area contributed by atoms with Gasteiger partial charge in [0, 0.05) is 0 Å². The monoisotopic (exact) mass is 594 g/mol. The molecule has 42 heavy (non-hydrogen) atoms. The van der Waals surface area contributed by atoms with Gasteiger partial charge in [-0.05, 0) is 98.9 Å². The molecule has 0 unspecified atom stereocenters. The number of rotatable bonds is 12. The molecule has 3 aromatic carbocycles. The lowest BCUT2D eigenvalue weighted by atomic mass is 9.82. The van der Waals surface area contributed by atoms with Crippen molar-refractivity contribution in [3.63, 3.8) is 0 Å². The van der Waals surface area contributed by atoms with Crippen molar-refractivity contribution in [2.75, 3.05) is 19.8 Å². The molecule has 0 spiro atoms. The van der Waals surface area contributed by atoms with E-state index in [0.29, 0.717) is 24.0 Å². The van der Waals surface area contributed by atoms with Crippen LogP contribution in [0.25, 0.3) is 11.1 Å². The Kier molecular flexibility index (Phi) is 10.3. The highest BCUT2D eigenvalue weighted by atomic mass is 19.3. The van der Waals surface area contributed by atoms with Crippen LogP contribution in [0.2, 0.25) is 0 Å². The third kappa shape index (κ3) is 7.92. The summed E-state index contributed by atoms with van der Waals surface area (Å²) in [4.78, 5) is 0. The summed E-state index contributed by atoms with van der Waals surface area (Å²) in [7, 11) is 0. The Hall–Kier alpha value is -3.82. The molecule has 1 aliphatic carbocycles. The summed E-state index contributed by atoms with van der Waals surface area (Å²) in [6.45, 7) is 2.51. The van der Waals surface area contributed by atoms with Gasteiger partial charge in [0.15, 0.2) is 41.2 Å². The molecule has 0 heterocycles. The second-order valence-electron chi connectivity index (χ2n) is 10.1. The van der Waals surface area contributed by atoms with Crippen LogP contribution in [0.3, 0.4) is 0 Å². The predicted molar refractivity (Wildman–Crippen MR) is 146 cm³/mol. The molecule has 0 bridgehead atoms. The van der Waals surface area contributed by atoms with Gasteiger partial charge in [-0.25, -0.2) is 8.78 Å². The average molecular weight is 595 g/mol. The maximum atomic E-state index is 14.8. The number of halogens is 6. The van der Waals surface area contributed by atoms with Crippen molar-refractivity contribution in [2.45, 2.75) is 45.6 Å². The maximum Gasteiger partial charge on any atom is 0.433 e. The van der Waals surface area contributed by atoms with Crippen LogP contribution in [0.4, 0.5) is 26.3 Å². The molecule has 0 aromatic heterocycles. The molecule has 226 valence electrons. The van der Waals surface area contributed by atoms with E-state index in [1.54, 1.807) is 13.0 Å². The highest BCUT2D eigenvalue weighted by molar-refractivity contribution is 5.65. The van der Waals surface area contributed by atoms with Crippen molar-refractivity contribution in [1.29, 1.82) is 0 Å². The van der Waals surface area contributed by atoms with E-state index >= 15 is 0 Å². The van der Waals surface area contributed by atoms with Gasteiger partial charge in [0.1, 0.15) is 0 Å². The molecule has 4 nitrogen and oxygen atoms in total. The van der Waals surface area contributed by atoms with E-state index < -0.39 is 53.2 Å². The van der Waals surface area contributed by atoms with Crippen LogP contribution < -0.4 is 18.9 Å². The molecule has 0 N–H and O–H groups in total. The molecule has 0 radical (unpaired) electrons. The van der Waals surface area contributed by atoms with Gasteiger partial charge in [-0.2, -0.15) is 17.6 Å². The van der Waals surface area contributed by atoms with E-state index in [9.17, 15) is 26.3 Å². The zero-order chi connectivity index (χ0) is 30.3. The highest BCUT2D eigenvalue weighted by Crippen LogP contribution is 2.34. The predicted octanol–water partition coefficient (Wildman–Crippen LogP) is 9.12. The molecular formula is C32H32F6O4. The molecule has 3 aromatic rings.